The van der Waals surface area contributed by atoms with Crippen LogP contribution in [0.25, 0.3) is 0 Å². The Bertz CT molecular complexity index is 218. The number of nitrogens with zero attached hydrogens (tertiary/aromatic N) is 1. The topological polar surface area (TPSA) is 20.3 Å². The second-order valence-corrected chi connectivity index (χ2v) is 5.52. The largest absolute Gasteiger partial charge is 0.340 e. The molecule has 1 heterocycles. The van der Waals surface area contributed by atoms with Gasteiger partial charge in [0.15, 0.2) is 0 Å². The van der Waals surface area contributed by atoms with Crippen molar-refractivity contribution in [1.29, 1.82) is 0 Å². The van der Waals surface area contributed by atoms with Gasteiger partial charge in [-0.15, -0.1) is 11.6 Å². The van der Waals surface area contributed by atoms with Crippen LogP contribution < -0.4 is 0 Å². The summed E-state index contributed by atoms with van der Waals surface area (Å²) in [6.07, 6.45) is 6.17. The van der Waals surface area contributed by atoms with E-state index in [-0.39, 0.29) is 0 Å². The maximum Gasteiger partial charge on any atom is 0.222 e. The highest BCUT2D eigenvalue weighted by Gasteiger charge is 2.27. The first-order valence-electron chi connectivity index (χ1n) is 6.50. The Hall–Kier alpha value is -0.240. The Kier molecular flexibility index (Phi) is 6.18. The van der Waals surface area contributed by atoms with Crippen molar-refractivity contribution in [3.63, 3.8) is 0 Å². The smallest absolute Gasteiger partial charge is 0.222 e. The normalized spacial score (nSPS) is 20.8. The molecule has 0 aromatic carbocycles. The molecule has 1 unspecified atom stereocenters. The van der Waals surface area contributed by atoms with E-state index in [4.69, 9.17) is 11.6 Å². The lowest BCUT2D eigenvalue weighted by Gasteiger charge is -2.25. The molecule has 94 valence electrons. The third-order valence-corrected chi connectivity index (χ3v) is 3.57. The lowest BCUT2D eigenvalue weighted by molar-refractivity contribution is -0.132. The monoisotopic (exact) mass is 245 g/mol. The lowest BCUT2D eigenvalue weighted by Crippen LogP contribution is -2.35. The number of alkyl halides is 1. The van der Waals surface area contributed by atoms with Gasteiger partial charge in [0.1, 0.15) is 0 Å². The highest BCUT2D eigenvalue weighted by molar-refractivity contribution is 6.17. The second kappa shape index (κ2) is 7.16. The van der Waals surface area contributed by atoms with Gasteiger partial charge in [0.05, 0.1) is 0 Å². The molecule has 1 aliphatic rings. The lowest BCUT2D eigenvalue weighted by atomic mass is 10.1. The number of amides is 1. The standard InChI is InChI=1S/C13H24ClNO/c1-11(2)7-8-13(16)15-10-4-6-12(15)5-3-9-14/h11-12H,3-10H2,1-2H3. The van der Waals surface area contributed by atoms with Crippen LogP contribution in [-0.4, -0.2) is 29.3 Å². The van der Waals surface area contributed by atoms with Crippen LogP contribution in [0.1, 0.15) is 52.4 Å². The van der Waals surface area contributed by atoms with Crippen LogP contribution in [0.3, 0.4) is 0 Å². The molecule has 0 N–H and O–H groups in total. The van der Waals surface area contributed by atoms with E-state index in [0.29, 0.717) is 23.7 Å². The molecule has 0 aromatic rings. The molecule has 0 bridgehead atoms. The van der Waals surface area contributed by atoms with Crippen molar-refractivity contribution in [1.82, 2.24) is 4.90 Å². The molecule has 1 fully saturated rings. The summed E-state index contributed by atoms with van der Waals surface area (Å²) in [5.41, 5.74) is 0. The average molecular weight is 246 g/mol. The second-order valence-electron chi connectivity index (χ2n) is 5.15. The fraction of sp³-hybridized carbons (Fsp3) is 0.923. The predicted molar refractivity (Wildman–Crippen MR) is 68.8 cm³/mol. The van der Waals surface area contributed by atoms with Gasteiger partial charge in [-0.3, -0.25) is 4.79 Å². The molecule has 0 aliphatic carbocycles. The van der Waals surface area contributed by atoms with Crippen molar-refractivity contribution in [2.75, 3.05) is 12.4 Å². The summed E-state index contributed by atoms with van der Waals surface area (Å²) in [7, 11) is 0. The molecule has 1 aliphatic heterocycles. The minimum absolute atomic E-state index is 0.353. The van der Waals surface area contributed by atoms with Gasteiger partial charge in [0.2, 0.25) is 5.91 Å². The highest BCUT2D eigenvalue weighted by atomic mass is 35.5. The fourth-order valence-electron chi connectivity index (χ4n) is 2.33. The number of carbonyl (C=O) groups excluding carboxylic acids is 1. The third-order valence-electron chi connectivity index (χ3n) is 3.30. The Morgan fingerprint density at radius 2 is 2.25 bits per heavy atom. The van der Waals surface area contributed by atoms with E-state index in [1.165, 1.54) is 12.8 Å². The minimum Gasteiger partial charge on any atom is -0.340 e. The van der Waals surface area contributed by atoms with Crippen LogP contribution in [0.15, 0.2) is 0 Å². The van der Waals surface area contributed by atoms with E-state index in [1.807, 2.05) is 0 Å². The van der Waals surface area contributed by atoms with E-state index in [9.17, 15) is 4.79 Å². The SMILES string of the molecule is CC(C)CCC(=O)N1CCCC1CCCCl. The summed E-state index contributed by atoms with van der Waals surface area (Å²) in [6.45, 7) is 5.30. The van der Waals surface area contributed by atoms with Crippen molar-refractivity contribution in [3.8, 4) is 0 Å². The Morgan fingerprint density at radius 1 is 1.50 bits per heavy atom. The van der Waals surface area contributed by atoms with E-state index in [2.05, 4.69) is 18.7 Å². The summed E-state index contributed by atoms with van der Waals surface area (Å²) in [4.78, 5) is 14.1. The van der Waals surface area contributed by atoms with Crippen LogP contribution in [0.2, 0.25) is 0 Å². The fourth-order valence-corrected chi connectivity index (χ4v) is 2.49. The Morgan fingerprint density at radius 3 is 2.88 bits per heavy atom. The average Bonchev–Trinajstić information content (AvgIpc) is 2.71. The summed E-state index contributed by atoms with van der Waals surface area (Å²) in [5.74, 6) is 1.68. The molecule has 1 rings (SSSR count). The molecule has 3 heteroatoms. The molecular weight excluding hydrogens is 222 g/mol. The molecule has 16 heavy (non-hydrogen) atoms. The van der Waals surface area contributed by atoms with Crippen LogP contribution in [0, 0.1) is 5.92 Å². The first kappa shape index (κ1) is 13.8. The highest BCUT2D eigenvalue weighted by Crippen LogP contribution is 2.23. The maximum absolute atomic E-state index is 12.0. The zero-order valence-electron chi connectivity index (χ0n) is 10.5. The number of likely N-dealkylation sites (tertiary alicyclic amines) is 1. The summed E-state index contributed by atoms with van der Waals surface area (Å²) in [5, 5.41) is 0. The van der Waals surface area contributed by atoms with Gasteiger partial charge >= 0.3 is 0 Å². The number of carbonyl (C=O) groups is 1. The number of hydrogen-bond donors (Lipinski definition) is 0. The molecule has 1 atom stereocenters. The first-order valence-corrected chi connectivity index (χ1v) is 7.04. The van der Waals surface area contributed by atoms with Gasteiger partial charge < -0.3 is 4.90 Å². The van der Waals surface area contributed by atoms with Crippen molar-refractivity contribution in [3.05, 3.63) is 0 Å². The molecule has 2 nitrogen and oxygen atoms in total. The molecular formula is C13H24ClNO. The summed E-state index contributed by atoms with van der Waals surface area (Å²) < 4.78 is 0. The molecule has 0 radical (unpaired) electrons. The van der Waals surface area contributed by atoms with Gasteiger partial charge in [-0.25, -0.2) is 0 Å². The van der Waals surface area contributed by atoms with Gasteiger partial charge in [-0.1, -0.05) is 13.8 Å². The molecule has 0 saturated carbocycles. The van der Waals surface area contributed by atoms with Gasteiger partial charge in [0.25, 0.3) is 0 Å². The van der Waals surface area contributed by atoms with E-state index in [1.54, 1.807) is 0 Å². The zero-order chi connectivity index (χ0) is 12.0. The minimum atomic E-state index is 0.353. The first-order chi connectivity index (χ1) is 7.65. The van der Waals surface area contributed by atoms with Crippen molar-refractivity contribution in [2.45, 2.75) is 58.4 Å². The van der Waals surface area contributed by atoms with Crippen molar-refractivity contribution < 1.29 is 4.79 Å². The van der Waals surface area contributed by atoms with Crippen LogP contribution in [0.4, 0.5) is 0 Å². The van der Waals surface area contributed by atoms with Gasteiger partial charge in [0, 0.05) is 24.9 Å². The van der Waals surface area contributed by atoms with Gasteiger partial charge in [-0.05, 0) is 38.0 Å². The van der Waals surface area contributed by atoms with Crippen molar-refractivity contribution >= 4 is 17.5 Å². The van der Waals surface area contributed by atoms with E-state index >= 15 is 0 Å². The maximum atomic E-state index is 12.0. The number of hydrogen-bond acceptors (Lipinski definition) is 1. The molecule has 1 saturated heterocycles. The Labute approximate surface area is 104 Å². The summed E-state index contributed by atoms with van der Waals surface area (Å²) in [6, 6.07) is 0.471. The van der Waals surface area contributed by atoms with Crippen LogP contribution in [0.5, 0.6) is 0 Å². The zero-order valence-corrected chi connectivity index (χ0v) is 11.3. The number of halogens is 1. The van der Waals surface area contributed by atoms with Crippen LogP contribution in [-0.2, 0) is 4.79 Å². The van der Waals surface area contributed by atoms with Crippen LogP contribution >= 0.6 is 11.6 Å². The number of rotatable bonds is 6. The van der Waals surface area contributed by atoms with E-state index in [0.717, 1.165) is 32.2 Å². The quantitative estimate of drug-likeness (QED) is 0.657. The molecule has 1 amide bonds. The molecule has 0 aromatic heterocycles. The predicted octanol–water partition coefficient (Wildman–Crippen LogP) is 3.43. The van der Waals surface area contributed by atoms with Gasteiger partial charge in [-0.2, -0.15) is 0 Å². The summed E-state index contributed by atoms with van der Waals surface area (Å²) >= 11 is 5.71. The van der Waals surface area contributed by atoms with Crippen molar-refractivity contribution in [2.24, 2.45) is 5.92 Å². The van der Waals surface area contributed by atoms with E-state index < -0.39 is 0 Å². The third kappa shape index (κ3) is 4.32. The molecule has 0 spiro atoms. The Balaban J connectivity index is 2.35.